The van der Waals surface area contributed by atoms with Gasteiger partial charge >= 0.3 is 0 Å². The van der Waals surface area contributed by atoms with Crippen LogP contribution in [0, 0.1) is 0 Å². The fraction of sp³-hybridized carbons (Fsp3) is 0.364. The number of halogens is 1. The van der Waals surface area contributed by atoms with Crippen LogP contribution in [-0.4, -0.2) is 9.83 Å². The standard InChI is InChI=1S/C11H12BrNO/c1-8(14)13(12)11-7-6-9-4-2-3-5-10(9)11/h2-5,11H,6-7H2,1H3/t11-/m1/s1. The van der Waals surface area contributed by atoms with Crippen molar-refractivity contribution in [3.05, 3.63) is 35.4 Å². The SMILES string of the molecule is CC(=O)N(Br)[C@@H]1CCc2ccccc21. The second-order valence-corrected chi connectivity index (χ2v) is 4.35. The smallest absolute Gasteiger partial charge is 0.229 e. The monoisotopic (exact) mass is 253 g/mol. The van der Waals surface area contributed by atoms with Gasteiger partial charge in [-0.2, -0.15) is 0 Å². The highest BCUT2D eigenvalue weighted by Crippen LogP contribution is 2.37. The van der Waals surface area contributed by atoms with Gasteiger partial charge in [0, 0.05) is 6.92 Å². The lowest BCUT2D eigenvalue weighted by atomic mass is 10.1. The van der Waals surface area contributed by atoms with Gasteiger partial charge in [-0.25, -0.2) is 0 Å². The molecule has 0 bridgehead atoms. The Bertz CT molecular complexity index is 364. The summed E-state index contributed by atoms with van der Waals surface area (Å²) in [6.07, 6.45) is 2.08. The molecular weight excluding hydrogens is 242 g/mol. The number of carbonyl (C=O) groups is 1. The lowest BCUT2D eigenvalue weighted by molar-refractivity contribution is -0.124. The van der Waals surface area contributed by atoms with Crippen LogP contribution in [0.2, 0.25) is 0 Å². The van der Waals surface area contributed by atoms with Gasteiger partial charge in [-0.15, -0.1) is 0 Å². The minimum atomic E-state index is 0.0618. The van der Waals surface area contributed by atoms with Crippen molar-refractivity contribution in [1.82, 2.24) is 3.93 Å². The Morgan fingerprint density at radius 2 is 2.21 bits per heavy atom. The Labute approximate surface area is 92.2 Å². The topological polar surface area (TPSA) is 20.3 Å². The third-order valence-corrected chi connectivity index (χ3v) is 3.67. The second-order valence-electron chi connectivity index (χ2n) is 3.58. The third kappa shape index (κ3) is 1.57. The highest BCUT2D eigenvalue weighted by atomic mass is 79.9. The van der Waals surface area contributed by atoms with E-state index in [1.807, 2.05) is 12.1 Å². The van der Waals surface area contributed by atoms with Crippen molar-refractivity contribution in [3.8, 4) is 0 Å². The quantitative estimate of drug-likeness (QED) is 0.705. The van der Waals surface area contributed by atoms with Crippen molar-refractivity contribution in [2.24, 2.45) is 0 Å². The largest absolute Gasteiger partial charge is 0.274 e. The zero-order valence-corrected chi connectivity index (χ0v) is 9.62. The van der Waals surface area contributed by atoms with E-state index in [-0.39, 0.29) is 11.9 Å². The summed E-state index contributed by atoms with van der Waals surface area (Å²) in [7, 11) is 0. The predicted octanol–water partition coefficient (Wildman–Crippen LogP) is 2.83. The molecule has 1 amide bonds. The maximum absolute atomic E-state index is 11.2. The van der Waals surface area contributed by atoms with Gasteiger partial charge < -0.3 is 0 Å². The molecule has 1 aliphatic carbocycles. The maximum Gasteiger partial charge on any atom is 0.229 e. The maximum atomic E-state index is 11.2. The summed E-state index contributed by atoms with van der Waals surface area (Å²) in [5, 5.41) is 0. The molecule has 2 nitrogen and oxygen atoms in total. The molecule has 0 radical (unpaired) electrons. The van der Waals surface area contributed by atoms with Gasteiger partial charge in [-0.1, -0.05) is 24.3 Å². The van der Waals surface area contributed by atoms with Gasteiger partial charge in [0.1, 0.15) is 0 Å². The molecule has 0 aromatic heterocycles. The predicted molar refractivity (Wildman–Crippen MR) is 59.0 cm³/mol. The van der Waals surface area contributed by atoms with Crippen molar-refractivity contribution in [3.63, 3.8) is 0 Å². The van der Waals surface area contributed by atoms with Crippen molar-refractivity contribution in [1.29, 1.82) is 0 Å². The Morgan fingerprint density at radius 3 is 2.93 bits per heavy atom. The lowest BCUT2D eigenvalue weighted by Gasteiger charge is -2.21. The molecule has 0 aliphatic heterocycles. The highest BCUT2D eigenvalue weighted by Gasteiger charge is 2.27. The molecule has 1 aromatic carbocycles. The van der Waals surface area contributed by atoms with Gasteiger partial charge in [0.25, 0.3) is 0 Å². The van der Waals surface area contributed by atoms with Crippen LogP contribution in [-0.2, 0) is 11.2 Å². The molecule has 74 valence electrons. The van der Waals surface area contributed by atoms with Crippen molar-refractivity contribution in [2.75, 3.05) is 0 Å². The first-order valence-corrected chi connectivity index (χ1v) is 5.44. The van der Waals surface area contributed by atoms with Crippen LogP contribution in [0.1, 0.15) is 30.5 Å². The number of nitrogens with zero attached hydrogens (tertiary/aromatic N) is 1. The van der Waals surface area contributed by atoms with E-state index in [0.29, 0.717) is 0 Å². The summed E-state index contributed by atoms with van der Waals surface area (Å²) in [5.74, 6) is 0.0618. The number of hydrogen-bond acceptors (Lipinski definition) is 1. The van der Waals surface area contributed by atoms with Gasteiger partial charge in [0.05, 0.1) is 22.2 Å². The van der Waals surface area contributed by atoms with Crippen LogP contribution < -0.4 is 0 Å². The third-order valence-electron chi connectivity index (χ3n) is 2.68. The first-order chi connectivity index (χ1) is 6.70. The van der Waals surface area contributed by atoms with E-state index in [0.717, 1.165) is 12.8 Å². The molecule has 3 heteroatoms. The van der Waals surface area contributed by atoms with Crippen molar-refractivity contribution in [2.45, 2.75) is 25.8 Å². The molecule has 1 atom stereocenters. The summed E-state index contributed by atoms with van der Waals surface area (Å²) in [4.78, 5) is 11.2. The summed E-state index contributed by atoms with van der Waals surface area (Å²) in [6.45, 7) is 1.58. The van der Waals surface area contributed by atoms with Crippen LogP contribution in [0.3, 0.4) is 0 Å². The second kappa shape index (κ2) is 3.73. The zero-order chi connectivity index (χ0) is 10.1. The lowest BCUT2D eigenvalue weighted by Crippen LogP contribution is -2.21. The zero-order valence-electron chi connectivity index (χ0n) is 8.03. The summed E-state index contributed by atoms with van der Waals surface area (Å²) >= 11 is 3.32. The van der Waals surface area contributed by atoms with E-state index in [1.54, 1.807) is 10.8 Å². The molecule has 1 aromatic rings. The number of fused-ring (bicyclic) bond motifs is 1. The molecule has 0 fully saturated rings. The number of benzene rings is 1. The minimum Gasteiger partial charge on any atom is -0.274 e. The minimum absolute atomic E-state index is 0.0618. The number of aryl methyl sites for hydroxylation is 1. The van der Waals surface area contributed by atoms with E-state index in [4.69, 9.17) is 0 Å². The Kier molecular flexibility index (Phi) is 2.59. The molecule has 0 N–H and O–H groups in total. The fourth-order valence-corrected chi connectivity index (χ4v) is 2.41. The van der Waals surface area contributed by atoms with Crippen molar-refractivity contribution < 1.29 is 4.79 Å². The fourth-order valence-electron chi connectivity index (χ4n) is 1.99. The van der Waals surface area contributed by atoms with Crippen molar-refractivity contribution >= 4 is 22.1 Å². The normalized spacial score (nSPS) is 19.1. The number of hydrogen-bond donors (Lipinski definition) is 0. The van der Waals surface area contributed by atoms with Crippen LogP contribution in [0.5, 0.6) is 0 Å². The summed E-state index contributed by atoms with van der Waals surface area (Å²) in [6, 6.07) is 8.52. The summed E-state index contributed by atoms with van der Waals surface area (Å²) < 4.78 is 1.65. The van der Waals surface area contributed by atoms with E-state index >= 15 is 0 Å². The molecular formula is C11H12BrNO. The molecule has 0 heterocycles. The van der Waals surface area contributed by atoms with E-state index in [9.17, 15) is 4.79 Å². The molecule has 0 saturated carbocycles. The molecule has 14 heavy (non-hydrogen) atoms. The average molecular weight is 254 g/mol. The van der Waals surface area contributed by atoms with Gasteiger partial charge in [0.15, 0.2) is 0 Å². The van der Waals surface area contributed by atoms with E-state index in [1.165, 1.54) is 11.1 Å². The summed E-state index contributed by atoms with van der Waals surface area (Å²) in [5.41, 5.74) is 2.64. The molecule has 0 spiro atoms. The van der Waals surface area contributed by atoms with Gasteiger partial charge in [0.2, 0.25) is 5.91 Å². The highest BCUT2D eigenvalue weighted by molar-refractivity contribution is 9.07. The van der Waals surface area contributed by atoms with E-state index < -0.39 is 0 Å². The Hall–Kier alpha value is -0.830. The number of carbonyl (C=O) groups excluding carboxylic acids is 1. The molecule has 2 rings (SSSR count). The van der Waals surface area contributed by atoms with Crippen LogP contribution >= 0.6 is 16.1 Å². The van der Waals surface area contributed by atoms with Crippen LogP contribution in [0.4, 0.5) is 0 Å². The Balaban J connectivity index is 2.30. The first-order valence-electron chi connectivity index (χ1n) is 4.73. The average Bonchev–Trinajstić information content (AvgIpc) is 2.60. The molecule has 0 saturated heterocycles. The number of amides is 1. The number of rotatable bonds is 1. The first kappa shape index (κ1) is 9.71. The van der Waals surface area contributed by atoms with Crippen LogP contribution in [0.15, 0.2) is 24.3 Å². The van der Waals surface area contributed by atoms with E-state index in [2.05, 4.69) is 28.3 Å². The Morgan fingerprint density at radius 1 is 1.50 bits per heavy atom. The van der Waals surface area contributed by atoms with Crippen LogP contribution in [0.25, 0.3) is 0 Å². The molecule has 0 unspecified atom stereocenters. The van der Waals surface area contributed by atoms with Gasteiger partial charge in [-0.05, 0) is 24.0 Å². The molecule has 1 aliphatic rings. The van der Waals surface area contributed by atoms with Gasteiger partial charge in [-0.3, -0.25) is 8.72 Å².